The van der Waals surface area contributed by atoms with Crippen molar-refractivity contribution in [1.82, 2.24) is 0 Å². The summed E-state index contributed by atoms with van der Waals surface area (Å²) < 4.78 is 0. The summed E-state index contributed by atoms with van der Waals surface area (Å²) in [6.45, 7) is 4.14. The van der Waals surface area contributed by atoms with Crippen LogP contribution in [0.15, 0.2) is 24.3 Å². The van der Waals surface area contributed by atoms with E-state index in [0.717, 1.165) is 31.4 Å². The molecule has 1 aliphatic rings. The van der Waals surface area contributed by atoms with Crippen LogP contribution in [-0.4, -0.2) is 18.2 Å². The van der Waals surface area contributed by atoms with E-state index in [-0.39, 0.29) is 11.7 Å². The van der Waals surface area contributed by atoms with Gasteiger partial charge in [0.2, 0.25) is 5.91 Å². The van der Waals surface area contributed by atoms with Gasteiger partial charge in [0.05, 0.1) is 5.41 Å². The van der Waals surface area contributed by atoms with E-state index in [9.17, 15) is 9.59 Å². The van der Waals surface area contributed by atoms with Crippen molar-refractivity contribution in [2.75, 3.05) is 11.9 Å². The zero-order chi connectivity index (χ0) is 15.5. The van der Waals surface area contributed by atoms with Crippen LogP contribution in [0, 0.1) is 11.3 Å². The summed E-state index contributed by atoms with van der Waals surface area (Å²) in [6, 6.07) is 7.00. The second-order valence-electron chi connectivity index (χ2n) is 6.25. The Bertz CT molecular complexity index is 514. The lowest BCUT2D eigenvalue weighted by Gasteiger charge is -2.37. The van der Waals surface area contributed by atoms with Gasteiger partial charge in [0, 0.05) is 17.8 Å². The molecule has 0 spiro atoms. The predicted molar refractivity (Wildman–Crippen MR) is 84.2 cm³/mol. The molecule has 2 rings (SSSR count). The first-order valence-electron chi connectivity index (χ1n) is 7.59. The second kappa shape index (κ2) is 6.39. The fraction of sp³-hybridized carbons (Fsp3) is 0.529. The minimum atomic E-state index is -0.439. The number of hydrogen-bond donors (Lipinski definition) is 2. The molecule has 21 heavy (non-hydrogen) atoms. The third-order valence-corrected chi connectivity index (χ3v) is 4.65. The number of amides is 1. The van der Waals surface area contributed by atoms with Crippen molar-refractivity contribution < 1.29 is 9.59 Å². The van der Waals surface area contributed by atoms with Crippen molar-refractivity contribution in [2.24, 2.45) is 17.1 Å². The lowest BCUT2D eigenvalue weighted by atomic mass is 9.70. The molecule has 114 valence electrons. The number of anilines is 1. The molecule has 0 aliphatic heterocycles. The van der Waals surface area contributed by atoms with Crippen molar-refractivity contribution in [3.8, 4) is 0 Å². The van der Waals surface area contributed by atoms with Crippen molar-refractivity contribution in [1.29, 1.82) is 0 Å². The van der Waals surface area contributed by atoms with Gasteiger partial charge in [0.25, 0.3) is 0 Å². The van der Waals surface area contributed by atoms with Gasteiger partial charge >= 0.3 is 0 Å². The molecule has 0 aromatic heterocycles. The van der Waals surface area contributed by atoms with Gasteiger partial charge in [-0.05, 0) is 62.8 Å². The van der Waals surface area contributed by atoms with Crippen LogP contribution in [0.5, 0.6) is 0 Å². The van der Waals surface area contributed by atoms with Crippen LogP contribution in [0.1, 0.15) is 49.9 Å². The normalized spacial score (nSPS) is 25.4. The summed E-state index contributed by atoms with van der Waals surface area (Å²) in [4.78, 5) is 23.8. The van der Waals surface area contributed by atoms with E-state index in [1.165, 1.54) is 6.92 Å². The fourth-order valence-corrected chi connectivity index (χ4v) is 2.89. The number of carbonyl (C=O) groups is 2. The highest BCUT2D eigenvalue weighted by atomic mass is 16.2. The molecule has 0 heterocycles. The van der Waals surface area contributed by atoms with Gasteiger partial charge in [0.1, 0.15) is 0 Å². The third kappa shape index (κ3) is 3.50. The predicted octanol–water partition coefficient (Wildman–Crippen LogP) is 2.98. The van der Waals surface area contributed by atoms with E-state index in [2.05, 4.69) is 12.2 Å². The Morgan fingerprint density at radius 3 is 2.29 bits per heavy atom. The Hall–Kier alpha value is -1.68. The zero-order valence-corrected chi connectivity index (χ0v) is 12.8. The zero-order valence-electron chi connectivity index (χ0n) is 12.8. The molecule has 1 aliphatic carbocycles. The number of ketones is 1. The molecule has 0 atom stereocenters. The van der Waals surface area contributed by atoms with Crippen molar-refractivity contribution in [3.05, 3.63) is 29.8 Å². The third-order valence-electron chi connectivity index (χ3n) is 4.65. The molecule has 1 saturated carbocycles. The standard InChI is InChI=1S/C17H24N2O2/c1-12-7-9-17(11-18,10-8-12)16(21)19-15-5-3-14(4-6-15)13(2)20/h3-6,12H,7-11,18H2,1-2H3,(H,19,21). The summed E-state index contributed by atoms with van der Waals surface area (Å²) in [5.74, 6) is 0.701. The van der Waals surface area contributed by atoms with Gasteiger partial charge in [-0.2, -0.15) is 0 Å². The van der Waals surface area contributed by atoms with Gasteiger partial charge in [-0.1, -0.05) is 6.92 Å². The molecule has 3 N–H and O–H groups in total. The van der Waals surface area contributed by atoms with Gasteiger partial charge in [-0.3, -0.25) is 9.59 Å². The second-order valence-corrected chi connectivity index (χ2v) is 6.25. The smallest absolute Gasteiger partial charge is 0.231 e. The number of rotatable bonds is 4. The van der Waals surface area contributed by atoms with E-state index in [1.807, 2.05) is 0 Å². The molecular formula is C17H24N2O2. The van der Waals surface area contributed by atoms with Crippen LogP contribution in [0.25, 0.3) is 0 Å². The number of nitrogens with two attached hydrogens (primary N) is 1. The monoisotopic (exact) mass is 288 g/mol. The number of Topliss-reactive ketones (excluding diaryl/α,β-unsaturated/α-hetero) is 1. The Balaban J connectivity index is 2.07. The number of carbonyl (C=O) groups excluding carboxylic acids is 2. The highest BCUT2D eigenvalue weighted by molar-refractivity contribution is 5.97. The summed E-state index contributed by atoms with van der Waals surface area (Å²) in [7, 11) is 0. The van der Waals surface area contributed by atoms with Gasteiger partial charge in [-0.25, -0.2) is 0 Å². The highest BCUT2D eigenvalue weighted by Crippen LogP contribution is 2.39. The summed E-state index contributed by atoms with van der Waals surface area (Å²) >= 11 is 0. The van der Waals surface area contributed by atoms with Gasteiger partial charge in [-0.15, -0.1) is 0 Å². The molecule has 0 radical (unpaired) electrons. The lowest BCUT2D eigenvalue weighted by Crippen LogP contribution is -2.44. The number of nitrogens with one attached hydrogen (secondary N) is 1. The Morgan fingerprint density at radius 2 is 1.81 bits per heavy atom. The number of hydrogen-bond acceptors (Lipinski definition) is 3. The highest BCUT2D eigenvalue weighted by Gasteiger charge is 2.39. The van der Waals surface area contributed by atoms with Crippen molar-refractivity contribution in [2.45, 2.75) is 39.5 Å². The Labute approximate surface area is 126 Å². The minimum Gasteiger partial charge on any atom is -0.329 e. The maximum absolute atomic E-state index is 12.6. The molecule has 4 nitrogen and oxygen atoms in total. The van der Waals surface area contributed by atoms with Crippen LogP contribution in [0.2, 0.25) is 0 Å². The van der Waals surface area contributed by atoms with Gasteiger partial charge in [0.15, 0.2) is 5.78 Å². The Morgan fingerprint density at radius 1 is 1.24 bits per heavy atom. The first-order valence-corrected chi connectivity index (χ1v) is 7.59. The molecule has 4 heteroatoms. The van der Waals surface area contributed by atoms with Crippen LogP contribution >= 0.6 is 0 Å². The largest absolute Gasteiger partial charge is 0.329 e. The summed E-state index contributed by atoms with van der Waals surface area (Å²) in [5, 5.41) is 2.95. The van der Waals surface area contributed by atoms with E-state index in [4.69, 9.17) is 5.73 Å². The van der Waals surface area contributed by atoms with E-state index < -0.39 is 5.41 Å². The fourth-order valence-electron chi connectivity index (χ4n) is 2.89. The quantitative estimate of drug-likeness (QED) is 0.837. The van der Waals surface area contributed by atoms with Crippen molar-refractivity contribution >= 4 is 17.4 Å². The van der Waals surface area contributed by atoms with E-state index >= 15 is 0 Å². The lowest BCUT2D eigenvalue weighted by molar-refractivity contribution is -0.127. The maximum Gasteiger partial charge on any atom is 0.231 e. The summed E-state index contributed by atoms with van der Waals surface area (Å²) in [6.07, 6.45) is 3.80. The molecule has 0 saturated heterocycles. The average Bonchev–Trinajstić information content (AvgIpc) is 2.49. The molecule has 1 fully saturated rings. The Kier molecular flexibility index (Phi) is 4.78. The van der Waals surface area contributed by atoms with Crippen LogP contribution in [0.4, 0.5) is 5.69 Å². The first kappa shape index (κ1) is 15.7. The molecule has 0 bridgehead atoms. The summed E-state index contributed by atoms with van der Waals surface area (Å²) in [5.41, 5.74) is 6.82. The minimum absolute atomic E-state index is 0.00692. The maximum atomic E-state index is 12.6. The van der Waals surface area contributed by atoms with Crippen LogP contribution < -0.4 is 11.1 Å². The van der Waals surface area contributed by atoms with Crippen LogP contribution in [0.3, 0.4) is 0 Å². The van der Waals surface area contributed by atoms with Crippen molar-refractivity contribution in [3.63, 3.8) is 0 Å². The SMILES string of the molecule is CC(=O)c1ccc(NC(=O)C2(CN)CCC(C)CC2)cc1. The van der Waals surface area contributed by atoms with Gasteiger partial charge < -0.3 is 11.1 Å². The van der Waals surface area contributed by atoms with E-state index in [1.54, 1.807) is 24.3 Å². The molecule has 1 aromatic carbocycles. The first-order chi connectivity index (χ1) is 9.97. The molecule has 0 unspecified atom stereocenters. The van der Waals surface area contributed by atoms with E-state index in [0.29, 0.717) is 18.0 Å². The number of benzene rings is 1. The topological polar surface area (TPSA) is 72.2 Å². The molecular weight excluding hydrogens is 264 g/mol. The molecule has 1 aromatic rings. The molecule has 1 amide bonds. The average molecular weight is 288 g/mol. The van der Waals surface area contributed by atoms with Crippen LogP contribution in [-0.2, 0) is 4.79 Å².